The van der Waals surface area contributed by atoms with Gasteiger partial charge in [-0.25, -0.2) is 9.97 Å². The molecular weight excluding hydrogens is 342 g/mol. The highest BCUT2D eigenvalue weighted by atomic mass is 79.9. The molecule has 3 rings (SSSR count). The van der Waals surface area contributed by atoms with Crippen LogP contribution in [0.2, 0.25) is 5.15 Å². The number of imidazole rings is 1. The maximum Gasteiger partial charge on any atom is 0.156 e. The van der Waals surface area contributed by atoms with E-state index in [0.29, 0.717) is 11.7 Å². The molecule has 0 saturated heterocycles. The molecule has 0 saturated carbocycles. The van der Waals surface area contributed by atoms with Crippen LogP contribution in [0.4, 0.5) is 5.69 Å². The Morgan fingerprint density at radius 1 is 1.20 bits per heavy atom. The molecule has 0 bridgehead atoms. The van der Waals surface area contributed by atoms with Crippen LogP contribution in [0.3, 0.4) is 0 Å². The van der Waals surface area contributed by atoms with Gasteiger partial charge in [-0.05, 0) is 28.1 Å². The summed E-state index contributed by atoms with van der Waals surface area (Å²) in [6.07, 6.45) is 7.22. The molecule has 3 heterocycles. The second-order valence-electron chi connectivity index (χ2n) is 4.38. The first kappa shape index (κ1) is 13.3. The number of pyridine rings is 1. The van der Waals surface area contributed by atoms with Crippen molar-refractivity contribution in [2.45, 2.75) is 6.54 Å². The lowest BCUT2D eigenvalue weighted by atomic mass is 10.3. The van der Waals surface area contributed by atoms with Crippen molar-refractivity contribution >= 4 is 38.9 Å². The number of nitrogens with zero attached hydrogens (tertiary/aromatic N) is 5. The van der Waals surface area contributed by atoms with Crippen molar-refractivity contribution < 1.29 is 0 Å². The van der Waals surface area contributed by atoms with Gasteiger partial charge < -0.3 is 4.90 Å². The number of fused-ring (bicyclic) bond motifs is 1. The van der Waals surface area contributed by atoms with Gasteiger partial charge in [0.1, 0.15) is 9.76 Å². The minimum atomic E-state index is 0.490. The molecule has 0 N–H and O–H groups in total. The van der Waals surface area contributed by atoms with Crippen LogP contribution in [-0.4, -0.2) is 26.4 Å². The molecule has 5 nitrogen and oxygen atoms in total. The van der Waals surface area contributed by atoms with Gasteiger partial charge in [-0.3, -0.25) is 9.38 Å². The smallest absolute Gasteiger partial charge is 0.156 e. The molecule has 0 amide bonds. The van der Waals surface area contributed by atoms with E-state index in [1.54, 1.807) is 24.7 Å². The molecule has 3 aromatic rings. The van der Waals surface area contributed by atoms with Gasteiger partial charge in [-0.2, -0.15) is 0 Å². The van der Waals surface area contributed by atoms with E-state index in [1.165, 1.54) is 0 Å². The second kappa shape index (κ2) is 5.38. The van der Waals surface area contributed by atoms with Gasteiger partial charge in [-0.1, -0.05) is 11.6 Å². The number of aromatic nitrogens is 4. The molecule has 102 valence electrons. The Morgan fingerprint density at radius 2 is 2.05 bits per heavy atom. The molecule has 0 aliphatic heterocycles. The average molecular weight is 353 g/mol. The number of anilines is 1. The van der Waals surface area contributed by atoms with Crippen LogP contribution in [0.1, 0.15) is 5.69 Å². The quantitative estimate of drug-likeness (QED) is 0.679. The maximum absolute atomic E-state index is 5.79. The van der Waals surface area contributed by atoms with E-state index in [1.807, 2.05) is 23.7 Å². The van der Waals surface area contributed by atoms with Gasteiger partial charge in [0, 0.05) is 13.2 Å². The lowest BCUT2D eigenvalue weighted by Crippen LogP contribution is -2.17. The van der Waals surface area contributed by atoms with Gasteiger partial charge in [0.15, 0.2) is 5.65 Å². The predicted molar refractivity (Wildman–Crippen MR) is 82.0 cm³/mol. The lowest BCUT2D eigenvalue weighted by Gasteiger charge is -2.18. The van der Waals surface area contributed by atoms with E-state index < -0.39 is 0 Å². The molecule has 0 spiro atoms. The Bertz CT molecular complexity index is 740. The summed E-state index contributed by atoms with van der Waals surface area (Å²) in [5.74, 6) is 0. The van der Waals surface area contributed by atoms with Gasteiger partial charge in [0.05, 0.1) is 36.5 Å². The monoisotopic (exact) mass is 351 g/mol. The van der Waals surface area contributed by atoms with E-state index in [-0.39, 0.29) is 0 Å². The Hall–Kier alpha value is -1.66. The summed E-state index contributed by atoms with van der Waals surface area (Å²) in [6, 6.07) is 3.71. The fourth-order valence-electron chi connectivity index (χ4n) is 1.91. The van der Waals surface area contributed by atoms with Crippen molar-refractivity contribution in [2.24, 2.45) is 0 Å². The molecule has 0 radical (unpaired) electrons. The Labute approximate surface area is 129 Å². The molecule has 0 unspecified atom stereocenters. The summed E-state index contributed by atoms with van der Waals surface area (Å²) < 4.78 is 2.86. The third-order valence-corrected chi connectivity index (χ3v) is 3.77. The molecule has 0 aromatic carbocycles. The van der Waals surface area contributed by atoms with Gasteiger partial charge >= 0.3 is 0 Å². The Morgan fingerprint density at radius 3 is 2.80 bits per heavy atom. The Balaban J connectivity index is 1.84. The zero-order valence-electron chi connectivity index (χ0n) is 10.7. The summed E-state index contributed by atoms with van der Waals surface area (Å²) in [6.45, 7) is 0.671. The number of hydrogen-bond donors (Lipinski definition) is 0. The third kappa shape index (κ3) is 2.62. The highest BCUT2D eigenvalue weighted by molar-refractivity contribution is 9.10. The SMILES string of the molecule is CN(Cc1cn2c(Br)cnc2cn1)c1ccc(Cl)nc1. The van der Waals surface area contributed by atoms with E-state index in [9.17, 15) is 0 Å². The number of hydrogen-bond acceptors (Lipinski definition) is 4. The molecular formula is C13H11BrClN5. The van der Waals surface area contributed by atoms with Gasteiger partial charge in [0.2, 0.25) is 0 Å². The molecule has 0 aliphatic rings. The minimum absolute atomic E-state index is 0.490. The predicted octanol–water partition coefficient (Wildman–Crippen LogP) is 3.18. The van der Waals surface area contributed by atoms with Crippen LogP contribution < -0.4 is 4.90 Å². The number of halogens is 2. The van der Waals surface area contributed by atoms with Crippen molar-refractivity contribution in [3.05, 3.63) is 52.4 Å². The molecule has 7 heteroatoms. The fraction of sp³-hybridized carbons (Fsp3) is 0.154. The first-order chi connectivity index (χ1) is 9.63. The zero-order chi connectivity index (χ0) is 14.1. The summed E-state index contributed by atoms with van der Waals surface area (Å²) >= 11 is 9.24. The lowest BCUT2D eigenvalue weighted by molar-refractivity contribution is 0.863. The summed E-state index contributed by atoms with van der Waals surface area (Å²) in [5.41, 5.74) is 2.74. The number of rotatable bonds is 3. The van der Waals surface area contributed by atoms with Crippen molar-refractivity contribution in [1.29, 1.82) is 0 Å². The van der Waals surface area contributed by atoms with E-state index in [4.69, 9.17) is 11.6 Å². The molecule has 0 aliphatic carbocycles. The normalized spacial score (nSPS) is 10.9. The highest BCUT2D eigenvalue weighted by Gasteiger charge is 2.06. The fourth-order valence-corrected chi connectivity index (χ4v) is 2.41. The van der Waals surface area contributed by atoms with E-state index >= 15 is 0 Å². The van der Waals surface area contributed by atoms with Gasteiger partial charge in [-0.15, -0.1) is 0 Å². The van der Waals surface area contributed by atoms with Crippen molar-refractivity contribution in [3.63, 3.8) is 0 Å². The molecule has 0 atom stereocenters. The Kier molecular flexibility index (Phi) is 3.58. The van der Waals surface area contributed by atoms with Crippen molar-refractivity contribution in [1.82, 2.24) is 19.4 Å². The van der Waals surface area contributed by atoms with Crippen LogP contribution in [0.25, 0.3) is 5.65 Å². The zero-order valence-corrected chi connectivity index (χ0v) is 13.0. The van der Waals surface area contributed by atoms with Crippen LogP contribution in [0, 0.1) is 0 Å². The van der Waals surface area contributed by atoms with Crippen LogP contribution >= 0.6 is 27.5 Å². The summed E-state index contributed by atoms with van der Waals surface area (Å²) in [7, 11) is 1.99. The van der Waals surface area contributed by atoms with Crippen LogP contribution in [0.15, 0.2) is 41.5 Å². The molecule has 20 heavy (non-hydrogen) atoms. The average Bonchev–Trinajstić information content (AvgIpc) is 2.81. The second-order valence-corrected chi connectivity index (χ2v) is 5.58. The van der Waals surface area contributed by atoms with Crippen molar-refractivity contribution in [2.75, 3.05) is 11.9 Å². The molecule has 3 aromatic heterocycles. The van der Waals surface area contributed by atoms with Crippen LogP contribution in [-0.2, 0) is 6.54 Å². The van der Waals surface area contributed by atoms with Gasteiger partial charge in [0.25, 0.3) is 0 Å². The van der Waals surface area contributed by atoms with Crippen molar-refractivity contribution in [3.8, 4) is 0 Å². The standard InChI is InChI=1S/C13H11BrClN5/c1-19(10-2-3-12(15)17-4-10)7-9-8-20-11(14)5-18-13(20)6-16-9/h2-6,8H,7H2,1H3. The van der Waals surface area contributed by atoms with E-state index in [0.717, 1.165) is 21.6 Å². The molecule has 0 fully saturated rings. The topological polar surface area (TPSA) is 46.3 Å². The first-order valence-electron chi connectivity index (χ1n) is 5.93. The minimum Gasteiger partial charge on any atom is -0.367 e. The van der Waals surface area contributed by atoms with E-state index in [2.05, 4.69) is 35.8 Å². The van der Waals surface area contributed by atoms with Crippen LogP contribution in [0.5, 0.6) is 0 Å². The first-order valence-corrected chi connectivity index (χ1v) is 7.11. The summed E-state index contributed by atoms with van der Waals surface area (Å²) in [5, 5.41) is 0.490. The largest absolute Gasteiger partial charge is 0.367 e. The highest BCUT2D eigenvalue weighted by Crippen LogP contribution is 2.17. The summed E-state index contributed by atoms with van der Waals surface area (Å²) in [4.78, 5) is 14.8. The third-order valence-electron chi connectivity index (χ3n) is 2.96. The maximum atomic E-state index is 5.79.